The minimum Gasteiger partial charge on any atom is -0.0955 e. The van der Waals surface area contributed by atoms with E-state index in [0.717, 1.165) is 44.1 Å². The summed E-state index contributed by atoms with van der Waals surface area (Å²) in [5.41, 5.74) is 19.0. The van der Waals surface area contributed by atoms with E-state index in [4.69, 9.17) is 6.58 Å². The molecule has 0 heteroatoms. The van der Waals surface area contributed by atoms with Gasteiger partial charge >= 0.3 is 0 Å². The number of hydrogen-bond donors (Lipinski definition) is 0. The van der Waals surface area contributed by atoms with Crippen molar-refractivity contribution < 1.29 is 0 Å². The third-order valence-corrected chi connectivity index (χ3v) is 9.32. The predicted octanol–water partition coefficient (Wildman–Crippen LogP) is 11.5. The normalized spacial score (nSPS) is 21.1. The van der Waals surface area contributed by atoms with Crippen molar-refractivity contribution in [2.24, 2.45) is 5.92 Å². The molecule has 2 aromatic rings. The van der Waals surface area contributed by atoms with Crippen molar-refractivity contribution in [2.75, 3.05) is 0 Å². The molecule has 0 saturated heterocycles. The Labute approximate surface area is 249 Å². The highest BCUT2D eigenvalue weighted by atomic mass is 14.4. The fourth-order valence-corrected chi connectivity index (χ4v) is 7.33. The second-order valence-electron chi connectivity index (χ2n) is 12.2. The van der Waals surface area contributed by atoms with Gasteiger partial charge in [-0.3, -0.25) is 0 Å². The second kappa shape index (κ2) is 12.1. The Morgan fingerprint density at radius 3 is 2.39 bits per heavy atom. The van der Waals surface area contributed by atoms with Gasteiger partial charge in [0, 0.05) is 11.8 Å². The molecule has 0 bridgehead atoms. The van der Waals surface area contributed by atoms with Crippen molar-refractivity contribution >= 4 is 11.1 Å². The van der Waals surface area contributed by atoms with Crippen molar-refractivity contribution in [1.29, 1.82) is 0 Å². The van der Waals surface area contributed by atoms with Crippen molar-refractivity contribution in [1.82, 2.24) is 0 Å². The quantitative estimate of drug-likeness (QED) is 0.298. The monoisotopic (exact) mass is 538 g/mol. The fraction of sp³-hybridized carbons (Fsp3) is 0.317. The van der Waals surface area contributed by atoms with Crippen LogP contribution in [0.3, 0.4) is 0 Å². The van der Waals surface area contributed by atoms with Crippen molar-refractivity contribution in [3.63, 3.8) is 0 Å². The van der Waals surface area contributed by atoms with Gasteiger partial charge in [-0.25, -0.2) is 0 Å². The molecular weight excluding hydrogens is 492 g/mol. The van der Waals surface area contributed by atoms with E-state index in [1.165, 1.54) is 72.4 Å². The van der Waals surface area contributed by atoms with Gasteiger partial charge in [0.2, 0.25) is 0 Å². The van der Waals surface area contributed by atoms with Gasteiger partial charge in [-0.2, -0.15) is 0 Å². The van der Waals surface area contributed by atoms with E-state index in [1.54, 1.807) is 0 Å². The lowest BCUT2D eigenvalue weighted by Gasteiger charge is -2.35. The van der Waals surface area contributed by atoms with Gasteiger partial charge < -0.3 is 0 Å². The molecule has 0 heterocycles. The molecule has 5 rings (SSSR count). The average Bonchev–Trinajstić information content (AvgIpc) is 3.56. The third-order valence-electron chi connectivity index (χ3n) is 9.32. The van der Waals surface area contributed by atoms with E-state index < -0.39 is 0 Å². The zero-order chi connectivity index (χ0) is 29.3. The molecule has 0 N–H and O–H groups in total. The molecule has 0 aromatic heterocycles. The molecule has 1 fully saturated rings. The van der Waals surface area contributed by atoms with Crippen LogP contribution in [0.25, 0.3) is 11.1 Å². The molecule has 3 aliphatic carbocycles. The molecule has 2 aromatic carbocycles. The number of benzene rings is 2. The smallest absolute Gasteiger partial charge is 0.0201 e. The molecule has 0 spiro atoms. The largest absolute Gasteiger partial charge is 0.0955 e. The van der Waals surface area contributed by atoms with Crippen LogP contribution in [0.5, 0.6) is 0 Å². The Kier molecular flexibility index (Phi) is 8.50. The van der Waals surface area contributed by atoms with Crippen LogP contribution < -0.4 is 0 Å². The molecule has 0 amide bonds. The summed E-state index contributed by atoms with van der Waals surface area (Å²) >= 11 is 0. The van der Waals surface area contributed by atoms with Crippen LogP contribution in [0.4, 0.5) is 0 Å². The highest BCUT2D eigenvalue weighted by Gasteiger charge is 2.41. The van der Waals surface area contributed by atoms with Gasteiger partial charge in [0.15, 0.2) is 0 Å². The maximum atomic E-state index is 4.78. The number of rotatable bonds is 9. The number of hydrogen-bond acceptors (Lipinski definition) is 0. The molecule has 1 saturated carbocycles. The topological polar surface area (TPSA) is 0 Å². The highest BCUT2D eigenvalue weighted by molar-refractivity contribution is 5.82. The summed E-state index contributed by atoms with van der Waals surface area (Å²) in [6.45, 7) is 24.8. The summed E-state index contributed by atoms with van der Waals surface area (Å²) in [5.74, 6) is 0.571. The lowest BCUT2D eigenvalue weighted by molar-refractivity contribution is 0.618. The van der Waals surface area contributed by atoms with Gasteiger partial charge in [-0.15, -0.1) is 0 Å². The van der Waals surface area contributed by atoms with Crippen LogP contribution in [0.1, 0.15) is 94.0 Å². The molecule has 41 heavy (non-hydrogen) atoms. The summed E-state index contributed by atoms with van der Waals surface area (Å²) in [7, 11) is 0. The van der Waals surface area contributed by atoms with Crippen LogP contribution in [-0.4, -0.2) is 0 Å². The molecule has 2 atom stereocenters. The minimum absolute atomic E-state index is 0.275. The number of fused-ring (bicyclic) bond motifs is 1. The molecule has 0 aliphatic heterocycles. The molecule has 210 valence electrons. The third kappa shape index (κ3) is 5.50. The Morgan fingerprint density at radius 2 is 1.68 bits per heavy atom. The summed E-state index contributed by atoms with van der Waals surface area (Å²) in [6, 6.07) is 15.9. The highest BCUT2D eigenvalue weighted by Crippen LogP contribution is 2.55. The Bertz CT molecular complexity index is 1570. The molecular formula is C41H46. The minimum atomic E-state index is 0.275. The summed E-state index contributed by atoms with van der Waals surface area (Å²) in [4.78, 5) is 0. The van der Waals surface area contributed by atoms with Gasteiger partial charge in [0.25, 0.3) is 0 Å². The number of allylic oxidation sites excluding steroid dienone is 13. The van der Waals surface area contributed by atoms with Crippen molar-refractivity contribution in [3.05, 3.63) is 153 Å². The van der Waals surface area contributed by atoms with Gasteiger partial charge in [0.1, 0.15) is 0 Å². The van der Waals surface area contributed by atoms with E-state index >= 15 is 0 Å². The summed E-state index contributed by atoms with van der Waals surface area (Å²) in [6.07, 6.45) is 15.7. The maximum absolute atomic E-state index is 4.78. The van der Waals surface area contributed by atoms with Crippen LogP contribution in [-0.2, 0) is 12.8 Å². The number of aryl methyl sites for hydroxylation is 2. The maximum Gasteiger partial charge on any atom is 0.0201 e. The standard InChI is InChI=1S/C41H46/c1-9-14-27(6)39-28(7)21-36-25-35(23-30-17-18-33(22-30)38-16-13-12-15-37(38)26(4)5)29(8)40(36)41(39)34-20-19-31(10-2)32(11-3)24-34/h12-13,15-21,23-24,40-41H,4,6,8-11,14,22,25H2,1-3,5,7H3. The summed E-state index contributed by atoms with van der Waals surface area (Å²) < 4.78 is 0. The zero-order valence-corrected chi connectivity index (χ0v) is 25.9. The van der Waals surface area contributed by atoms with E-state index in [-0.39, 0.29) is 5.92 Å². The first-order chi connectivity index (χ1) is 19.8. The molecule has 0 radical (unpaired) electrons. The predicted molar refractivity (Wildman–Crippen MR) is 180 cm³/mol. The zero-order valence-electron chi connectivity index (χ0n) is 25.9. The fourth-order valence-electron chi connectivity index (χ4n) is 7.33. The Hall–Kier alpha value is -3.64. The molecule has 2 unspecified atom stereocenters. The molecule has 3 aliphatic rings. The average molecular weight is 539 g/mol. The van der Waals surface area contributed by atoms with Crippen LogP contribution >= 0.6 is 0 Å². The molecule has 0 nitrogen and oxygen atoms in total. The first kappa shape index (κ1) is 28.9. The van der Waals surface area contributed by atoms with Crippen molar-refractivity contribution in [3.8, 4) is 0 Å². The Balaban J connectivity index is 1.48. The SMILES string of the molecule is C=C(CCC)C1=C(C)C=C2CC(=CC3=CC=C(c4ccccc4C(=C)C)C3)C(=C)C2C1c1ccc(CC)c(CC)c1. The van der Waals surface area contributed by atoms with Crippen LogP contribution in [0, 0.1) is 5.92 Å². The van der Waals surface area contributed by atoms with E-state index in [1.807, 2.05) is 0 Å². The first-order valence-electron chi connectivity index (χ1n) is 15.5. The van der Waals surface area contributed by atoms with Gasteiger partial charge in [0.05, 0.1) is 0 Å². The lowest BCUT2D eigenvalue weighted by atomic mass is 9.68. The van der Waals surface area contributed by atoms with Crippen molar-refractivity contribution in [2.45, 2.75) is 79.1 Å². The second-order valence-corrected chi connectivity index (χ2v) is 12.2. The van der Waals surface area contributed by atoms with Crippen LogP contribution in [0.15, 0.2) is 126 Å². The van der Waals surface area contributed by atoms with Crippen LogP contribution in [0.2, 0.25) is 0 Å². The van der Waals surface area contributed by atoms with Gasteiger partial charge in [-0.05, 0) is 107 Å². The lowest BCUT2D eigenvalue weighted by Crippen LogP contribution is -2.21. The summed E-state index contributed by atoms with van der Waals surface area (Å²) in [5, 5.41) is 0. The van der Waals surface area contributed by atoms with E-state index in [2.05, 4.69) is 115 Å². The van der Waals surface area contributed by atoms with E-state index in [9.17, 15) is 0 Å². The first-order valence-corrected chi connectivity index (χ1v) is 15.5. The Morgan fingerprint density at radius 1 is 0.927 bits per heavy atom. The van der Waals surface area contributed by atoms with E-state index in [0.29, 0.717) is 5.92 Å². The van der Waals surface area contributed by atoms with Gasteiger partial charge in [-0.1, -0.05) is 130 Å².